The van der Waals surface area contributed by atoms with Crippen molar-refractivity contribution < 1.29 is 4.79 Å². The van der Waals surface area contributed by atoms with Crippen molar-refractivity contribution in [2.75, 3.05) is 18.4 Å². The molecule has 2 heterocycles. The number of hydrogen-bond donors (Lipinski definition) is 1. The number of nitrogens with one attached hydrogen (secondary N) is 1. The molecule has 1 saturated heterocycles. The SMILES string of the molecule is CC(=O)c1cccc(-c2cc(NC3CCN(Cc4ccccc4)CC3)ncn2)c1. The Morgan fingerprint density at radius 3 is 2.59 bits per heavy atom. The van der Waals surface area contributed by atoms with Crippen molar-refractivity contribution in [3.05, 3.63) is 78.1 Å². The summed E-state index contributed by atoms with van der Waals surface area (Å²) in [5, 5.41) is 3.57. The van der Waals surface area contributed by atoms with E-state index in [1.54, 1.807) is 13.3 Å². The van der Waals surface area contributed by atoms with Gasteiger partial charge in [-0.2, -0.15) is 0 Å². The first-order chi connectivity index (χ1) is 14.2. The number of rotatable bonds is 6. The number of Topliss-reactive ketones (excluding diaryl/α,β-unsaturated/α-hetero) is 1. The van der Waals surface area contributed by atoms with E-state index in [2.05, 4.69) is 50.5 Å². The predicted molar refractivity (Wildman–Crippen MR) is 116 cm³/mol. The topological polar surface area (TPSA) is 58.1 Å². The standard InChI is InChI=1S/C24H26N4O/c1-18(29)20-8-5-9-21(14-20)23-15-24(26-17-25-23)27-22-10-12-28(13-11-22)16-19-6-3-2-4-7-19/h2-9,14-15,17,22H,10-13,16H2,1H3,(H,25,26,27). The highest BCUT2D eigenvalue weighted by molar-refractivity contribution is 5.95. The quantitative estimate of drug-likeness (QED) is 0.636. The van der Waals surface area contributed by atoms with Crippen molar-refractivity contribution in [1.29, 1.82) is 0 Å². The average Bonchev–Trinajstić information content (AvgIpc) is 2.76. The Morgan fingerprint density at radius 1 is 1.03 bits per heavy atom. The molecule has 5 nitrogen and oxygen atoms in total. The van der Waals surface area contributed by atoms with E-state index in [1.807, 2.05) is 30.3 Å². The number of benzene rings is 2. The van der Waals surface area contributed by atoms with Crippen molar-refractivity contribution >= 4 is 11.6 Å². The summed E-state index contributed by atoms with van der Waals surface area (Å²) in [6.45, 7) is 4.74. The summed E-state index contributed by atoms with van der Waals surface area (Å²) in [5.74, 6) is 0.895. The number of likely N-dealkylation sites (tertiary alicyclic amines) is 1. The third-order valence-corrected chi connectivity index (χ3v) is 5.42. The van der Waals surface area contributed by atoms with E-state index >= 15 is 0 Å². The molecule has 29 heavy (non-hydrogen) atoms. The maximum atomic E-state index is 11.7. The average molecular weight is 386 g/mol. The van der Waals surface area contributed by atoms with Crippen LogP contribution in [-0.2, 0) is 6.54 Å². The van der Waals surface area contributed by atoms with Crippen molar-refractivity contribution in [1.82, 2.24) is 14.9 Å². The van der Waals surface area contributed by atoms with Crippen molar-refractivity contribution in [2.24, 2.45) is 0 Å². The Hall–Kier alpha value is -3.05. The number of nitrogens with zero attached hydrogens (tertiary/aromatic N) is 3. The highest BCUT2D eigenvalue weighted by Crippen LogP contribution is 2.22. The van der Waals surface area contributed by atoms with Gasteiger partial charge in [-0.3, -0.25) is 9.69 Å². The number of ketones is 1. The molecule has 0 radical (unpaired) electrons. The summed E-state index contributed by atoms with van der Waals surface area (Å²) in [7, 11) is 0. The zero-order valence-corrected chi connectivity index (χ0v) is 16.7. The van der Waals surface area contributed by atoms with Crippen LogP contribution in [0.3, 0.4) is 0 Å². The molecule has 2 aromatic carbocycles. The molecule has 0 atom stereocenters. The summed E-state index contributed by atoms with van der Waals surface area (Å²) in [6, 6.07) is 20.6. The fraction of sp³-hybridized carbons (Fsp3) is 0.292. The van der Waals surface area contributed by atoms with Crippen molar-refractivity contribution in [2.45, 2.75) is 32.4 Å². The molecule has 0 aliphatic carbocycles. The van der Waals surface area contributed by atoms with Crippen LogP contribution in [-0.4, -0.2) is 39.8 Å². The summed E-state index contributed by atoms with van der Waals surface area (Å²) >= 11 is 0. The molecular weight excluding hydrogens is 360 g/mol. The lowest BCUT2D eigenvalue weighted by molar-refractivity contribution is 0.101. The molecule has 3 aromatic rings. The van der Waals surface area contributed by atoms with Gasteiger partial charge in [-0.1, -0.05) is 48.5 Å². The molecule has 0 unspecified atom stereocenters. The van der Waals surface area contributed by atoms with Gasteiger partial charge in [0.15, 0.2) is 5.78 Å². The fourth-order valence-electron chi connectivity index (χ4n) is 3.78. The lowest BCUT2D eigenvalue weighted by Gasteiger charge is -2.32. The summed E-state index contributed by atoms with van der Waals surface area (Å²) in [5.41, 5.74) is 3.82. The molecule has 1 aromatic heterocycles. The molecule has 4 rings (SSSR count). The van der Waals surface area contributed by atoms with Gasteiger partial charge in [0, 0.05) is 42.9 Å². The van der Waals surface area contributed by atoms with Crippen molar-refractivity contribution in [3.8, 4) is 11.3 Å². The van der Waals surface area contributed by atoms with E-state index in [0.717, 1.165) is 49.6 Å². The zero-order chi connectivity index (χ0) is 20.1. The minimum Gasteiger partial charge on any atom is -0.367 e. The summed E-state index contributed by atoms with van der Waals surface area (Å²) < 4.78 is 0. The minimum absolute atomic E-state index is 0.0570. The van der Waals surface area contributed by atoms with Gasteiger partial charge >= 0.3 is 0 Å². The molecule has 0 bridgehead atoms. The third kappa shape index (κ3) is 5.06. The largest absolute Gasteiger partial charge is 0.367 e. The highest BCUT2D eigenvalue weighted by atomic mass is 16.1. The molecule has 5 heteroatoms. The van der Waals surface area contributed by atoms with E-state index in [4.69, 9.17) is 0 Å². The molecule has 0 spiro atoms. The first kappa shape index (κ1) is 19.3. The van der Waals surface area contributed by atoms with E-state index in [9.17, 15) is 4.79 Å². The van der Waals surface area contributed by atoms with E-state index < -0.39 is 0 Å². The van der Waals surface area contributed by atoms with Crippen LogP contribution in [0, 0.1) is 0 Å². The van der Waals surface area contributed by atoms with Crippen LogP contribution in [0.1, 0.15) is 35.7 Å². The van der Waals surface area contributed by atoms with Gasteiger partial charge in [0.05, 0.1) is 5.69 Å². The second kappa shape index (κ2) is 8.97. The van der Waals surface area contributed by atoms with Gasteiger partial charge < -0.3 is 5.32 Å². The Bertz CT molecular complexity index is 965. The molecule has 1 N–H and O–H groups in total. The van der Waals surface area contributed by atoms with Crippen LogP contribution >= 0.6 is 0 Å². The molecule has 0 amide bonds. The van der Waals surface area contributed by atoms with Gasteiger partial charge in [0.2, 0.25) is 0 Å². The number of carbonyl (C=O) groups is 1. The molecule has 1 aliphatic rings. The molecule has 1 fully saturated rings. The van der Waals surface area contributed by atoms with Crippen LogP contribution in [0.2, 0.25) is 0 Å². The summed E-state index contributed by atoms with van der Waals surface area (Å²) in [6.07, 6.45) is 3.76. The van der Waals surface area contributed by atoms with Crippen molar-refractivity contribution in [3.63, 3.8) is 0 Å². The smallest absolute Gasteiger partial charge is 0.159 e. The van der Waals surface area contributed by atoms with E-state index in [-0.39, 0.29) is 5.78 Å². The van der Waals surface area contributed by atoms with Crippen LogP contribution in [0.15, 0.2) is 67.0 Å². The molecule has 0 saturated carbocycles. The summed E-state index contributed by atoms with van der Waals surface area (Å²) in [4.78, 5) is 22.9. The van der Waals surface area contributed by atoms with Crippen LogP contribution in [0.25, 0.3) is 11.3 Å². The number of aromatic nitrogens is 2. The maximum absolute atomic E-state index is 11.7. The number of carbonyl (C=O) groups excluding carboxylic acids is 1. The maximum Gasteiger partial charge on any atom is 0.159 e. The normalized spacial score (nSPS) is 15.2. The highest BCUT2D eigenvalue weighted by Gasteiger charge is 2.19. The number of piperidine rings is 1. The third-order valence-electron chi connectivity index (χ3n) is 5.42. The van der Waals surface area contributed by atoms with Gasteiger partial charge in [-0.25, -0.2) is 9.97 Å². The fourth-order valence-corrected chi connectivity index (χ4v) is 3.78. The predicted octanol–water partition coefficient (Wildman–Crippen LogP) is 4.42. The Balaban J connectivity index is 1.37. The van der Waals surface area contributed by atoms with E-state index in [0.29, 0.717) is 11.6 Å². The Morgan fingerprint density at radius 2 is 1.83 bits per heavy atom. The van der Waals surface area contributed by atoms with Crippen LogP contribution in [0.5, 0.6) is 0 Å². The molecule has 148 valence electrons. The second-order valence-electron chi connectivity index (χ2n) is 7.61. The Labute approximate surface area is 171 Å². The lowest BCUT2D eigenvalue weighted by atomic mass is 10.0. The van der Waals surface area contributed by atoms with Gasteiger partial charge in [-0.05, 0) is 31.4 Å². The van der Waals surface area contributed by atoms with E-state index in [1.165, 1.54) is 5.56 Å². The lowest BCUT2D eigenvalue weighted by Crippen LogP contribution is -2.38. The monoisotopic (exact) mass is 386 g/mol. The molecule has 1 aliphatic heterocycles. The second-order valence-corrected chi connectivity index (χ2v) is 7.61. The Kier molecular flexibility index (Phi) is 5.96. The number of anilines is 1. The van der Waals surface area contributed by atoms with Crippen LogP contribution < -0.4 is 5.32 Å². The zero-order valence-electron chi connectivity index (χ0n) is 16.7. The first-order valence-electron chi connectivity index (χ1n) is 10.1. The molecular formula is C24H26N4O. The van der Waals surface area contributed by atoms with Crippen LogP contribution in [0.4, 0.5) is 5.82 Å². The minimum atomic E-state index is 0.0570. The first-order valence-corrected chi connectivity index (χ1v) is 10.1. The number of hydrogen-bond acceptors (Lipinski definition) is 5. The van der Waals surface area contributed by atoms with Gasteiger partial charge in [0.1, 0.15) is 12.1 Å². The van der Waals surface area contributed by atoms with Gasteiger partial charge in [0.25, 0.3) is 0 Å². The van der Waals surface area contributed by atoms with Gasteiger partial charge in [-0.15, -0.1) is 0 Å².